The third kappa shape index (κ3) is 4.32. The summed E-state index contributed by atoms with van der Waals surface area (Å²) in [7, 11) is 1.70. The van der Waals surface area contributed by atoms with E-state index in [4.69, 9.17) is 4.74 Å². The molecule has 2 aromatic rings. The number of ether oxygens (including phenoxy) is 1. The monoisotopic (exact) mass is 290 g/mol. The van der Waals surface area contributed by atoms with E-state index < -0.39 is 0 Å². The van der Waals surface area contributed by atoms with Gasteiger partial charge < -0.3 is 10.1 Å². The highest BCUT2D eigenvalue weighted by atomic mass is 32.1. The fraction of sp³-hybridized carbons (Fsp3) is 0.438. The van der Waals surface area contributed by atoms with Crippen LogP contribution in [-0.4, -0.2) is 24.7 Å². The number of benzene rings is 1. The van der Waals surface area contributed by atoms with Crippen LogP contribution in [0.5, 0.6) is 5.75 Å². The zero-order valence-corrected chi connectivity index (χ0v) is 13.2. The molecule has 1 heterocycles. The predicted molar refractivity (Wildman–Crippen MR) is 84.7 cm³/mol. The van der Waals surface area contributed by atoms with E-state index in [-0.39, 0.29) is 0 Å². The molecular formula is C16H22N2OS. The van der Waals surface area contributed by atoms with Gasteiger partial charge in [0.05, 0.1) is 17.8 Å². The molecular weight excluding hydrogens is 268 g/mol. The number of hydrogen-bond acceptors (Lipinski definition) is 4. The van der Waals surface area contributed by atoms with Gasteiger partial charge >= 0.3 is 0 Å². The van der Waals surface area contributed by atoms with Crippen LogP contribution in [-0.2, 0) is 12.8 Å². The highest BCUT2D eigenvalue weighted by Crippen LogP contribution is 2.15. The van der Waals surface area contributed by atoms with Crippen LogP contribution in [0.25, 0.3) is 0 Å². The van der Waals surface area contributed by atoms with Gasteiger partial charge in [0, 0.05) is 17.8 Å². The number of methoxy groups -OCH3 is 1. The smallest absolute Gasteiger partial charge is 0.118 e. The molecule has 0 amide bonds. The maximum atomic E-state index is 5.20. The first-order valence-electron chi connectivity index (χ1n) is 6.98. The Labute approximate surface area is 125 Å². The van der Waals surface area contributed by atoms with Gasteiger partial charge in [0.1, 0.15) is 5.75 Å². The van der Waals surface area contributed by atoms with Crippen molar-refractivity contribution in [2.24, 2.45) is 0 Å². The molecule has 1 unspecified atom stereocenters. The molecule has 0 saturated carbocycles. The van der Waals surface area contributed by atoms with Crippen molar-refractivity contribution in [2.45, 2.75) is 32.7 Å². The number of likely N-dealkylation sites (N-methyl/N-ethyl adjacent to an activating group) is 1. The fourth-order valence-corrected chi connectivity index (χ4v) is 2.93. The van der Waals surface area contributed by atoms with Crippen molar-refractivity contribution in [1.29, 1.82) is 0 Å². The van der Waals surface area contributed by atoms with Gasteiger partial charge in [-0.2, -0.15) is 0 Å². The number of aromatic nitrogens is 1. The SMILES string of the molecule is CCNC(Cc1ccc(OC)cc1)Cc1csc(C)n1. The number of hydrogen-bond donors (Lipinski definition) is 1. The van der Waals surface area contributed by atoms with E-state index >= 15 is 0 Å². The van der Waals surface area contributed by atoms with E-state index in [0.717, 1.165) is 30.1 Å². The molecule has 0 fully saturated rings. The van der Waals surface area contributed by atoms with E-state index in [1.165, 1.54) is 11.3 Å². The summed E-state index contributed by atoms with van der Waals surface area (Å²) in [6.45, 7) is 5.18. The third-order valence-corrected chi connectivity index (χ3v) is 4.08. The van der Waals surface area contributed by atoms with Gasteiger partial charge in [-0.05, 0) is 37.6 Å². The maximum Gasteiger partial charge on any atom is 0.118 e. The first-order chi connectivity index (χ1) is 9.71. The molecule has 0 aliphatic rings. The Kier molecular flexibility index (Phi) is 5.56. The second kappa shape index (κ2) is 7.41. The minimum absolute atomic E-state index is 0.426. The Balaban J connectivity index is 2.00. The van der Waals surface area contributed by atoms with Crippen LogP contribution in [0.4, 0.5) is 0 Å². The van der Waals surface area contributed by atoms with Gasteiger partial charge in [0.15, 0.2) is 0 Å². The molecule has 0 saturated heterocycles. The summed E-state index contributed by atoms with van der Waals surface area (Å²) in [5.41, 5.74) is 2.51. The van der Waals surface area contributed by atoms with Crippen molar-refractivity contribution in [3.63, 3.8) is 0 Å². The van der Waals surface area contributed by atoms with Crippen LogP contribution in [0, 0.1) is 6.92 Å². The maximum absolute atomic E-state index is 5.20. The third-order valence-electron chi connectivity index (χ3n) is 3.26. The zero-order valence-electron chi connectivity index (χ0n) is 12.3. The Bertz CT molecular complexity index is 522. The minimum Gasteiger partial charge on any atom is -0.497 e. The molecule has 1 N–H and O–H groups in total. The van der Waals surface area contributed by atoms with Gasteiger partial charge in [-0.25, -0.2) is 4.98 Å². The lowest BCUT2D eigenvalue weighted by Gasteiger charge is -2.17. The first kappa shape index (κ1) is 15.0. The van der Waals surface area contributed by atoms with Gasteiger partial charge in [-0.15, -0.1) is 11.3 Å². The van der Waals surface area contributed by atoms with Gasteiger partial charge in [0.25, 0.3) is 0 Å². The predicted octanol–water partition coefficient (Wildman–Crippen LogP) is 3.22. The van der Waals surface area contributed by atoms with E-state index in [1.54, 1.807) is 18.4 Å². The van der Waals surface area contributed by atoms with E-state index in [9.17, 15) is 0 Å². The van der Waals surface area contributed by atoms with E-state index in [1.807, 2.05) is 12.1 Å². The van der Waals surface area contributed by atoms with Crippen molar-refractivity contribution >= 4 is 11.3 Å². The van der Waals surface area contributed by atoms with E-state index in [0.29, 0.717) is 6.04 Å². The topological polar surface area (TPSA) is 34.1 Å². The average molecular weight is 290 g/mol. The zero-order chi connectivity index (χ0) is 14.4. The molecule has 0 bridgehead atoms. The Morgan fingerprint density at radius 2 is 2.00 bits per heavy atom. The highest BCUT2D eigenvalue weighted by molar-refractivity contribution is 7.09. The molecule has 2 rings (SSSR count). The van der Waals surface area contributed by atoms with Gasteiger partial charge in [0.2, 0.25) is 0 Å². The number of aryl methyl sites for hydroxylation is 1. The molecule has 0 spiro atoms. The lowest BCUT2D eigenvalue weighted by molar-refractivity contribution is 0.414. The molecule has 1 aromatic carbocycles. The normalized spacial score (nSPS) is 12.3. The Morgan fingerprint density at radius 3 is 2.55 bits per heavy atom. The van der Waals surface area contributed by atoms with Crippen molar-refractivity contribution in [3.8, 4) is 5.75 Å². The fourth-order valence-electron chi connectivity index (χ4n) is 2.31. The van der Waals surface area contributed by atoms with E-state index in [2.05, 4.69) is 41.7 Å². The second-order valence-corrected chi connectivity index (χ2v) is 5.93. The van der Waals surface area contributed by atoms with Gasteiger partial charge in [-0.1, -0.05) is 19.1 Å². The summed E-state index contributed by atoms with van der Waals surface area (Å²) in [4.78, 5) is 4.56. The lowest BCUT2D eigenvalue weighted by Crippen LogP contribution is -2.33. The quantitative estimate of drug-likeness (QED) is 0.850. The average Bonchev–Trinajstić information content (AvgIpc) is 2.85. The summed E-state index contributed by atoms with van der Waals surface area (Å²) in [5.74, 6) is 0.906. The summed E-state index contributed by atoms with van der Waals surface area (Å²) in [6.07, 6.45) is 1.98. The molecule has 0 radical (unpaired) electrons. The number of nitrogens with one attached hydrogen (secondary N) is 1. The van der Waals surface area contributed by atoms with Crippen molar-refractivity contribution in [3.05, 3.63) is 45.9 Å². The first-order valence-corrected chi connectivity index (χ1v) is 7.86. The highest BCUT2D eigenvalue weighted by Gasteiger charge is 2.11. The Hall–Kier alpha value is -1.39. The van der Waals surface area contributed by atoms with Crippen LogP contribution in [0.3, 0.4) is 0 Å². The molecule has 0 aliphatic carbocycles. The molecule has 0 aliphatic heterocycles. The summed E-state index contributed by atoms with van der Waals surface area (Å²) in [5, 5.41) is 6.85. The Morgan fingerprint density at radius 1 is 1.25 bits per heavy atom. The van der Waals surface area contributed by atoms with Crippen LogP contribution >= 0.6 is 11.3 Å². The molecule has 3 nitrogen and oxygen atoms in total. The molecule has 1 aromatic heterocycles. The van der Waals surface area contributed by atoms with Crippen molar-refractivity contribution in [2.75, 3.05) is 13.7 Å². The molecule has 1 atom stereocenters. The molecule has 108 valence electrons. The van der Waals surface area contributed by atoms with Crippen LogP contribution in [0.2, 0.25) is 0 Å². The summed E-state index contributed by atoms with van der Waals surface area (Å²) in [6, 6.07) is 8.73. The number of thiazole rings is 1. The second-order valence-electron chi connectivity index (χ2n) is 4.87. The molecule has 20 heavy (non-hydrogen) atoms. The lowest BCUT2D eigenvalue weighted by atomic mass is 10.0. The van der Waals surface area contributed by atoms with Crippen LogP contribution in [0.1, 0.15) is 23.2 Å². The summed E-state index contributed by atoms with van der Waals surface area (Å²) < 4.78 is 5.20. The minimum atomic E-state index is 0.426. The van der Waals surface area contributed by atoms with Gasteiger partial charge in [-0.3, -0.25) is 0 Å². The van der Waals surface area contributed by atoms with Crippen LogP contribution < -0.4 is 10.1 Å². The number of nitrogens with zero attached hydrogens (tertiary/aromatic N) is 1. The standard InChI is InChI=1S/C16H22N2OS/c1-4-17-14(10-15-11-20-12(2)18-15)9-13-5-7-16(19-3)8-6-13/h5-8,11,14,17H,4,9-10H2,1-3H3. The number of rotatable bonds is 7. The van der Waals surface area contributed by atoms with Crippen molar-refractivity contribution in [1.82, 2.24) is 10.3 Å². The van der Waals surface area contributed by atoms with Crippen molar-refractivity contribution < 1.29 is 4.74 Å². The largest absolute Gasteiger partial charge is 0.497 e. The summed E-state index contributed by atoms with van der Waals surface area (Å²) >= 11 is 1.72. The molecule has 4 heteroatoms. The van der Waals surface area contributed by atoms with Crippen LogP contribution in [0.15, 0.2) is 29.6 Å².